The van der Waals surface area contributed by atoms with Gasteiger partial charge in [0.15, 0.2) is 10.7 Å². The minimum Gasteiger partial charge on any atom is -0.355 e. The number of aryl methyl sites for hydroxylation is 2. The molecule has 0 unspecified atom stereocenters. The number of aromatic nitrogens is 1. The third-order valence-corrected chi connectivity index (χ3v) is 7.92. The topological polar surface area (TPSA) is 83.7 Å². The predicted molar refractivity (Wildman–Crippen MR) is 125 cm³/mol. The molecule has 1 aromatic heterocycles. The average molecular weight is 460 g/mol. The van der Waals surface area contributed by atoms with Crippen LogP contribution in [-0.4, -0.2) is 55.4 Å². The zero-order chi connectivity index (χ0) is 23.3. The second-order valence-corrected chi connectivity index (χ2v) is 10.4. The smallest absolute Gasteiger partial charge is 0.248 e. The molecule has 1 aliphatic heterocycles. The molecule has 1 aliphatic rings. The van der Waals surface area contributed by atoms with Crippen LogP contribution >= 0.6 is 0 Å². The third kappa shape index (κ3) is 5.48. The van der Waals surface area contributed by atoms with Gasteiger partial charge in [0.1, 0.15) is 5.69 Å². The number of piperidine rings is 1. The summed E-state index contributed by atoms with van der Waals surface area (Å²) >= 11 is 0. The van der Waals surface area contributed by atoms with Gasteiger partial charge in [-0.1, -0.05) is 54.4 Å². The lowest BCUT2D eigenvalue weighted by Crippen LogP contribution is -2.46. The molecule has 8 heteroatoms. The van der Waals surface area contributed by atoms with Crippen LogP contribution in [0.2, 0.25) is 0 Å². The van der Waals surface area contributed by atoms with Crippen LogP contribution in [-0.2, 0) is 14.8 Å². The molecule has 1 aromatic carbocycles. The molecule has 2 aromatic rings. The van der Waals surface area contributed by atoms with Gasteiger partial charge in [-0.15, -0.1) is 0 Å². The van der Waals surface area contributed by atoms with Crippen molar-refractivity contribution < 1.29 is 17.7 Å². The van der Waals surface area contributed by atoms with Gasteiger partial charge in [0.2, 0.25) is 15.9 Å². The molecule has 0 radical (unpaired) electrons. The Morgan fingerprint density at radius 1 is 1.25 bits per heavy atom. The standard InChI is InChI=1S/C24H33N3O4S/c1-5-6-15-26(4)24(28)21-8-7-16-27(17-21)32(29,30)23-19(3)25-31-22(23)14-13-20-11-9-18(2)10-12-20/h9-14,21H,5-8,15-17H2,1-4H3/b14-13+/t21-/m1/s1. The summed E-state index contributed by atoms with van der Waals surface area (Å²) in [7, 11) is -2.05. The van der Waals surface area contributed by atoms with Gasteiger partial charge in [-0.25, -0.2) is 8.42 Å². The molecule has 1 fully saturated rings. The van der Waals surface area contributed by atoms with Gasteiger partial charge in [-0.2, -0.15) is 4.31 Å². The first-order valence-corrected chi connectivity index (χ1v) is 12.6. The largest absolute Gasteiger partial charge is 0.355 e. The summed E-state index contributed by atoms with van der Waals surface area (Å²) in [5, 5.41) is 3.91. The Labute approximate surface area is 191 Å². The highest BCUT2D eigenvalue weighted by Crippen LogP contribution is 2.29. The van der Waals surface area contributed by atoms with Crippen molar-refractivity contribution in [3.05, 3.63) is 46.8 Å². The van der Waals surface area contributed by atoms with E-state index in [4.69, 9.17) is 4.52 Å². The summed E-state index contributed by atoms with van der Waals surface area (Å²) < 4.78 is 33.8. The fourth-order valence-electron chi connectivity index (χ4n) is 3.96. The number of carbonyl (C=O) groups is 1. The van der Waals surface area contributed by atoms with Crippen molar-refractivity contribution in [2.24, 2.45) is 5.92 Å². The molecule has 7 nitrogen and oxygen atoms in total. The first-order chi connectivity index (χ1) is 15.2. The fourth-order valence-corrected chi connectivity index (χ4v) is 5.73. The minimum absolute atomic E-state index is 0.0138. The van der Waals surface area contributed by atoms with Crippen LogP contribution in [0.4, 0.5) is 0 Å². The van der Waals surface area contributed by atoms with E-state index in [0.717, 1.165) is 24.0 Å². The lowest BCUT2D eigenvalue weighted by Gasteiger charge is -2.33. The second kappa shape index (κ2) is 10.4. The highest BCUT2D eigenvalue weighted by molar-refractivity contribution is 7.89. The van der Waals surface area contributed by atoms with Crippen molar-refractivity contribution in [1.82, 2.24) is 14.4 Å². The maximum Gasteiger partial charge on any atom is 0.248 e. The summed E-state index contributed by atoms with van der Waals surface area (Å²) in [5.41, 5.74) is 2.41. The minimum atomic E-state index is -3.85. The van der Waals surface area contributed by atoms with Crippen LogP contribution in [0.25, 0.3) is 12.2 Å². The van der Waals surface area contributed by atoms with Gasteiger partial charge in [0, 0.05) is 26.7 Å². The van der Waals surface area contributed by atoms with E-state index in [0.29, 0.717) is 31.6 Å². The monoisotopic (exact) mass is 459 g/mol. The first kappa shape index (κ1) is 24.2. The van der Waals surface area contributed by atoms with Gasteiger partial charge in [0.05, 0.1) is 5.92 Å². The first-order valence-electron chi connectivity index (χ1n) is 11.2. The van der Waals surface area contributed by atoms with E-state index in [-0.39, 0.29) is 29.0 Å². The molecule has 0 bridgehead atoms. The van der Waals surface area contributed by atoms with E-state index in [1.165, 1.54) is 4.31 Å². The normalized spacial score (nSPS) is 17.7. The number of hydrogen-bond donors (Lipinski definition) is 0. The van der Waals surface area contributed by atoms with E-state index >= 15 is 0 Å². The lowest BCUT2D eigenvalue weighted by atomic mass is 9.98. The Balaban J connectivity index is 1.81. The number of nitrogens with zero attached hydrogens (tertiary/aromatic N) is 3. The molecule has 1 atom stereocenters. The molecule has 1 saturated heterocycles. The molecule has 3 rings (SSSR count). The van der Waals surface area contributed by atoms with Crippen molar-refractivity contribution in [1.29, 1.82) is 0 Å². The van der Waals surface area contributed by atoms with Crippen LogP contribution in [0.5, 0.6) is 0 Å². The quantitative estimate of drug-likeness (QED) is 0.593. The van der Waals surface area contributed by atoms with Crippen LogP contribution in [0, 0.1) is 19.8 Å². The number of carbonyl (C=O) groups excluding carboxylic acids is 1. The van der Waals surface area contributed by atoms with Gasteiger partial charge in [-0.05, 0) is 44.7 Å². The maximum absolute atomic E-state index is 13.5. The Bertz CT molecular complexity index is 1060. The fraction of sp³-hybridized carbons (Fsp3) is 0.500. The number of benzene rings is 1. The molecule has 0 N–H and O–H groups in total. The van der Waals surface area contributed by atoms with Crippen molar-refractivity contribution in [2.75, 3.05) is 26.7 Å². The lowest BCUT2D eigenvalue weighted by molar-refractivity contribution is -0.135. The van der Waals surface area contributed by atoms with E-state index in [1.807, 2.05) is 37.3 Å². The van der Waals surface area contributed by atoms with Crippen LogP contribution in [0.15, 0.2) is 33.7 Å². The molecule has 2 heterocycles. The summed E-state index contributed by atoms with van der Waals surface area (Å²) in [6, 6.07) is 7.90. The van der Waals surface area contributed by atoms with Crippen molar-refractivity contribution in [3.8, 4) is 0 Å². The van der Waals surface area contributed by atoms with Crippen molar-refractivity contribution in [2.45, 2.75) is 51.3 Å². The summed E-state index contributed by atoms with van der Waals surface area (Å²) in [5.74, 6) is -0.108. The molecule has 32 heavy (non-hydrogen) atoms. The van der Waals surface area contributed by atoms with E-state index in [9.17, 15) is 13.2 Å². The van der Waals surface area contributed by atoms with Gasteiger partial charge >= 0.3 is 0 Å². The highest BCUT2D eigenvalue weighted by Gasteiger charge is 2.37. The van der Waals surface area contributed by atoms with Crippen molar-refractivity contribution >= 4 is 28.1 Å². The van der Waals surface area contributed by atoms with E-state index in [1.54, 1.807) is 24.9 Å². The number of hydrogen-bond acceptors (Lipinski definition) is 5. The van der Waals surface area contributed by atoms with Crippen LogP contribution in [0.1, 0.15) is 55.2 Å². The molecule has 1 amide bonds. The Kier molecular flexibility index (Phi) is 7.90. The van der Waals surface area contributed by atoms with Gasteiger partial charge in [-0.3, -0.25) is 4.79 Å². The van der Waals surface area contributed by atoms with Gasteiger partial charge in [0.25, 0.3) is 0 Å². The number of amides is 1. The van der Waals surface area contributed by atoms with Gasteiger partial charge < -0.3 is 9.42 Å². The Morgan fingerprint density at radius 2 is 1.97 bits per heavy atom. The molecular weight excluding hydrogens is 426 g/mol. The maximum atomic E-state index is 13.5. The SMILES string of the molecule is CCCCN(C)C(=O)[C@@H]1CCCN(S(=O)(=O)c2c(C)noc2/C=C/c2ccc(C)cc2)C1. The summed E-state index contributed by atoms with van der Waals surface area (Å²) in [6.07, 6.45) is 6.74. The second-order valence-electron chi connectivity index (χ2n) is 8.52. The van der Waals surface area contributed by atoms with Crippen LogP contribution in [0.3, 0.4) is 0 Å². The molecule has 0 saturated carbocycles. The van der Waals surface area contributed by atoms with E-state index in [2.05, 4.69) is 12.1 Å². The van der Waals surface area contributed by atoms with Crippen LogP contribution < -0.4 is 0 Å². The Hall–Kier alpha value is -2.45. The molecule has 174 valence electrons. The average Bonchev–Trinajstić information content (AvgIpc) is 3.17. The summed E-state index contributed by atoms with van der Waals surface area (Å²) in [4.78, 5) is 14.6. The number of sulfonamides is 1. The Morgan fingerprint density at radius 3 is 2.66 bits per heavy atom. The zero-order valence-electron chi connectivity index (χ0n) is 19.4. The number of rotatable bonds is 8. The predicted octanol–water partition coefficient (Wildman–Crippen LogP) is 4.12. The molecular formula is C24H33N3O4S. The summed E-state index contributed by atoms with van der Waals surface area (Å²) in [6.45, 7) is 6.98. The third-order valence-electron chi connectivity index (χ3n) is 5.89. The van der Waals surface area contributed by atoms with E-state index < -0.39 is 10.0 Å². The zero-order valence-corrected chi connectivity index (χ0v) is 20.2. The highest BCUT2D eigenvalue weighted by atomic mass is 32.2. The molecule has 0 spiro atoms. The molecule has 0 aliphatic carbocycles. The number of unbranched alkanes of at least 4 members (excludes halogenated alkanes) is 1. The van der Waals surface area contributed by atoms with Crippen molar-refractivity contribution in [3.63, 3.8) is 0 Å².